The van der Waals surface area contributed by atoms with Gasteiger partial charge in [0.25, 0.3) is 0 Å². The first-order chi connectivity index (χ1) is 6.50. The highest BCUT2D eigenvalue weighted by Crippen LogP contribution is 1.97. The van der Waals surface area contributed by atoms with Crippen LogP contribution in [0, 0.1) is 5.95 Å². The maximum Gasteiger partial charge on any atom is 0.493 e. The van der Waals surface area contributed by atoms with Crippen molar-refractivity contribution in [2.24, 2.45) is 0 Å². The molecule has 7 heteroatoms. The number of aromatic nitrogens is 1. The van der Waals surface area contributed by atoms with Gasteiger partial charge in [-0.2, -0.15) is 4.39 Å². The first kappa shape index (κ1) is 10.6. The Bertz CT molecular complexity index is 358. The SMILES string of the molecule is O=C(O)Cc1ccc(B(O)O)c(F)n1. The van der Waals surface area contributed by atoms with E-state index in [0.29, 0.717) is 0 Å². The Morgan fingerprint density at radius 3 is 2.57 bits per heavy atom. The largest absolute Gasteiger partial charge is 0.493 e. The minimum absolute atomic E-state index is 0.0272. The fraction of sp³-hybridized carbons (Fsp3) is 0.143. The molecule has 0 aromatic carbocycles. The van der Waals surface area contributed by atoms with Crippen molar-refractivity contribution in [1.29, 1.82) is 0 Å². The third kappa shape index (κ3) is 2.51. The molecule has 0 fully saturated rings. The molecule has 0 aliphatic carbocycles. The summed E-state index contributed by atoms with van der Waals surface area (Å²) in [6.07, 6.45) is -0.404. The lowest BCUT2D eigenvalue weighted by Crippen LogP contribution is -2.33. The van der Waals surface area contributed by atoms with Gasteiger partial charge >= 0.3 is 13.1 Å². The quantitative estimate of drug-likeness (QED) is 0.408. The minimum atomic E-state index is -1.94. The van der Waals surface area contributed by atoms with Crippen LogP contribution in [0.4, 0.5) is 4.39 Å². The fourth-order valence-corrected chi connectivity index (χ4v) is 0.929. The number of hydrogen-bond donors (Lipinski definition) is 3. The molecule has 1 heterocycles. The molecule has 3 N–H and O–H groups in total. The van der Waals surface area contributed by atoms with Gasteiger partial charge in [0, 0.05) is 5.46 Å². The Hall–Kier alpha value is -1.47. The van der Waals surface area contributed by atoms with Gasteiger partial charge in [-0.05, 0) is 6.07 Å². The average Bonchev–Trinajstić information content (AvgIpc) is 2.01. The standard InChI is InChI=1S/C7H7BFNO4/c9-7-5(8(13)14)2-1-4(10-7)3-6(11)12/h1-2,13-14H,3H2,(H,11,12). The summed E-state index contributed by atoms with van der Waals surface area (Å²) in [6, 6.07) is 2.32. The van der Waals surface area contributed by atoms with Crippen LogP contribution in [0.1, 0.15) is 5.69 Å². The van der Waals surface area contributed by atoms with E-state index in [2.05, 4.69) is 4.98 Å². The Labute approximate surface area is 79.0 Å². The molecule has 1 rings (SSSR count). The summed E-state index contributed by atoms with van der Waals surface area (Å²) >= 11 is 0. The van der Waals surface area contributed by atoms with E-state index in [9.17, 15) is 9.18 Å². The van der Waals surface area contributed by atoms with Gasteiger partial charge in [-0.25, -0.2) is 4.98 Å². The molecular formula is C7H7BFNO4. The van der Waals surface area contributed by atoms with Crippen LogP contribution in [-0.4, -0.2) is 33.2 Å². The van der Waals surface area contributed by atoms with Crippen molar-refractivity contribution in [3.05, 3.63) is 23.8 Å². The molecule has 1 aromatic heterocycles. The van der Waals surface area contributed by atoms with Crippen LogP contribution in [0.2, 0.25) is 0 Å². The van der Waals surface area contributed by atoms with Crippen molar-refractivity contribution in [3.63, 3.8) is 0 Å². The Balaban J connectivity index is 2.94. The van der Waals surface area contributed by atoms with Crippen LogP contribution in [0.25, 0.3) is 0 Å². The number of halogens is 1. The second kappa shape index (κ2) is 4.16. The molecule has 74 valence electrons. The van der Waals surface area contributed by atoms with Crippen LogP contribution in [0.3, 0.4) is 0 Å². The number of pyridine rings is 1. The summed E-state index contributed by atoms with van der Waals surface area (Å²) in [5.41, 5.74) is -0.349. The van der Waals surface area contributed by atoms with Gasteiger partial charge in [-0.3, -0.25) is 4.79 Å². The van der Waals surface area contributed by atoms with Crippen molar-refractivity contribution in [2.75, 3.05) is 0 Å². The highest BCUT2D eigenvalue weighted by molar-refractivity contribution is 6.58. The molecule has 0 bridgehead atoms. The van der Waals surface area contributed by atoms with E-state index < -0.39 is 25.5 Å². The fourth-order valence-electron chi connectivity index (χ4n) is 0.929. The summed E-state index contributed by atoms with van der Waals surface area (Å²) < 4.78 is 12.9. The predicted octanol–water partition coefficient (Wildman–Crippen LogP) is -1.47. The molecule has 0 saturated heterocycles. The zero-order valence-electron chi connectivity index (χ0n) is 7.01. The normalized spacial score (nSPS) is 9.93. The summed E-state index contributed by atoms with van der Waals surface area (Å²) in [7, 11) is -1.94. The van der Waals surface area contributed by atoms with Crippen molar-refractivity contribution in [3.8, 4) is 0 Å². The maximum absolute atomic E-state index is 12.9. The average molecular weight is 199 g/mol. The van der Waals surface area contributed by atoms with Gasteiger partial charge < -0.3 is 15.2 Å². The van der Waals surface area contributed by atoms with Gasteiger partial charge in [-0.1, -0.05) is 6.07 Å². The molecule has 0 aliphatic heterocycles. The summed E-state index contributed by atoms with van der Waals surface area (Å²) in [5.74, 6) is -2.20. The second-order valence-corrected chi connectivity index (χ2v) is 2.63. The number of carboxylic acid groups (broad SMARTS) is 1. The topological polar surface area (TPSA) is 90.7 Å². The summed E-state index contributed by atoms with van der Waals surface area (Å²) in [5, 5.41) is 25.6. The first-order valence-electron chi connectivity index (χ1n) is 3.74. The maximum atomic E-state index is 12.9. The summed E-state index contributed by atoms with van der Waals surface area (Å²) in [6.45, 7) is 0. The molecule has 5 nitrogen and oxygen atoms in total. The number of aliphatic carboxylic acids is 1. The highest BCUT2D eigenvalue weighted by Gasteiger charge is 2.18. The molecule has 0 unspecified atom stereocenters. The number of nitrogens with zero attached hydrogens (tertiary/aromatic N) is 1. The molecule has 0 radical (unpaired) electrons. The number of hydrogen-bond acceptors (Lipinski definition) is 4. The van der Waals surface area contributed by atoms with Gasteiger partial charge in [0.05, 0.1) is 12.1 Å². The zero-order valence-corrected chi connectivity index (χ0v) is 7.01. The Morgan fingerprint density at radius 2 is 2.14 bits per heavy atom. The smallest absolute Gasteiger partial charge is 0.481 e. The number of rotatable bonds is 3. The van der Waals surface area contributed by atoms with Gasteiger partial charge in [-0.15, -0.1) is 0 Å². The lowest BCUT2D eigenvalue weighted by atomic mass is 9.81. The minimum Gasteiger partial charge on any atom is -0.481 e. The number of carbonyl (C=O) groups is 1. The zero-order chi connectivity index (χ0) is 10.7. The summed E-state index contributed by atoms with van der Waals surface area (Å²) in [4.78, 5) is 13.5. The molecule has 0 atom stereocenters. The van der Waals surface area contributed by atoms with Gasteiger partial charge in [0.2, 0.25) is 5.95 Å². The van der Waals surface area contributed by atoms with E-state index in [1.165, 1.54) is 6.07 Å². The monoisotopic (exact) mass is 199 g/mol. The van der Waals surface area contributed by atoms with Crippen LogP contribution in [-0.2, 0) is 11.2 Å². The van der Waals surface area contributed by atoms with E-state index in [1.807, 2.05) is 0 Å². The van der Waals surface area contributed by atoms with E-state index in [1.54, 1.807) is 0 Å². The second-order valence-electron chi connectivity index (χ2n) is 2.63. The third-order valence-corrected chi connectivity index (χ3v) is 1.55. The third-order valence-electron chi connectivity index (χ3n) is 1.55. The van der Waals surface area contributed by atoms with Crippen LogP contribution >= 0.6 is 0 Å². The molecule has 1 aromatic rings. The van der Waals surface area contributed by atoms with E-state index in [0.717, 1.165) is 6.07 Å². The molecule has 0 amide bonds. The highest BCUT2D eigenvalue weighted by atomic mass is 19.1. The Kier molecular flexibility index (Phi) is 3.16. The van der Waals surface area contributed by atoms with Crippen molar-refractivity contribution < 1.29 is 24.3 Å². The Morgan fingerprint density at radius 1 is 1.50 bits per heavy atom. The molecule has 0 saturated carbocycles. The number of carboxylic acids is 1. The predicted molar refractivity (Wildman–Crippen MR) is 45.4 cm³/mol. The van der Waals surface area contributed by atoms with Crippen LogP contribution in [0.5, 0.6) is 0 Å². The van der Waals surface area contributed by atoms with Crippen molar-refractivity contribution >= 4 is 18.6 Å². The molecule has 0 aliphatic rings. The van der Waals surface area contributed by atoms with E-state index in [-0.39, 0.29) is 11.2 Å². The van der Waals surface area contributed by atoms with Crippen LogP contribution < -0.4 is 5.46 Å². The van der Waals surface area contributed by atoms with Gasteiger partial charge in [0.1, 0.15) is 0 Å². The van der Waals surface area contributed by atoms with Crippen molar-refractivity contribution in [1.82, 2.24) is 4.98 Å². The molecule has 14 heavy (non-hydrogen) atoms. The molecule has 0 spiro atoms. The first-order valence-corrected chi connectivity index (χ1v) is 3.74. The van der Waals surface area contributed by atoms with Crippen molar-refractivity contribution in [2.45, 2.75) is 6.42 Å². The van der Waals surface area contributed by atoms with E-state index in [4.69, 9.17) is 15.2 Å². The lowest BCUT2D eigenvalue weighted by molar-refractivity contribution is -0.136. The molecular weight excluding hydrogens is 192 g/mol. The van der Waals surface area contributed by atoms with Crippen LogP contribution in [0.15, 0.2) is 12.1 Å². The van der Waals surface area contributed by atoms with E-state index >= 15 is 0 Å². The lowest BCUT2D eigenvalue weighted by Gasteiger charge is -2.02. The van der Waals surface area contributed by atoms with Gasteiger partial charge in [0.15, 0.2) is 0 Å².